The molecule has 33 heavy (non-hydrogen) atoms. The van der Waals surface area contributed by atoms with Crippen molar-refractivity contribution in [2.45, 2.75) is 115 Å². The van der Waals surface area contributed by atoms with Crippen LogP contribution in [0.5, 0.6) is 5.75 Å². The van der Waals surface area contributed by atoms with Gasteiger partial charge in [-0.1, -0.05) is 88.9 Å². The molecule has 0 radical (unpaired) electrons. The number of halogens is 2. The molecule has 0 atom stereocenters. The van der Waals surface area contributed by atoms with Crippen molar-refractivity contribution < 1.29 is 9.13 Å². The number of hydrogen-bond acceptors (Lipinski definition) is 1. The lowest BCUT2D eigenvalue weighted by Gasteiger charge is -2.37. The van der Waals surface area contributed by atoms with Gasteiger partial charge in [0, 0.05) is 14.7 Å². The molecule has 1 aromatic carbocycles. The first kappa shape index (κ1) is 27.1. The minimum absolute atomic E-state index is 0.238. The number of hydrogen-bond donors (Lipinski definition) is 0. The van der Waals surface area contributed by atoms with Gasteiger partial charge in [-0.2, -0.15) is 0 Å². The average Bonchev–Trinajstić information content (AvgIpc) is 2.84. The zero-order chi connectivity index (χ0) is 23.3. The van der Waals surface area contributed by atoms with Crippen molar-refractivity contribution in [2.24, 2.45) is 17.8 Å². The molecule has 0 spiro atoms. The minimum Gasteiger partial charge on any atom is -0.490 e. The second kappa shape index (κ2) is 15.5. The fraction of sp³-hybridized carbons (Fsp3) is 0.793. The van der Waals surface area contributed by atoms with Crippen LogP contribution in [0, 0.1) is 23.6 Å². The SMILES string of the molecule is CCCCC[SiH]1CCC(C2CCC(CCCCc3ccc(OCCCCl)c(F)c3)CC2)CC1. The molecule has 2 fully saturated rings. The summed E-state index contributed by atoms with van der Waals surface area (Å²) in [6.07, 6.45) is 18.9. The van der Waals surface area contributed by atoms with Crippen LogP contribution in [0.4, 0.5) is 4.39 Å². The number of aryl methyl sites for hydroxylation is 1. The molecule has 1 aliphatic heterocycles. The molecule has 1 saturated heterocycles. The Balaban J connectivity index is 1.26. The number of ether oxygens (including phenoxy) is 1. The average molecular weight is 495 g/mol. The Hall–Kier alpha value is -0.543. The fourth-order valence-corrected chi connectivity index (χ4v) is 10.0. The van der Waals surface area contributed by atoms with Crippen molar-refractivity contribution in [1.29, 1.82) is 0 Å². The van der Waals surface area contributed by atoms with Crippen molar-refractivity contribution in [3.63, 3.8) is 0 Å². The molecular formula is C29H48ClFOSi. The summed E-state index contributed by atoms with van der Waals surface area (Å²) in [6, 6.07) is 10.4. The van der Waals surface area contributed by atoms with Gasteiger partial charge in [-0.15, -0.1) is 11.6 Å². The van der Waals surface area contributed by atoms with Gasteiger partial charge in [0.1, 0.15) is 0 Å². The first-order valence-corrected chi connectivity index (χ1v) is 17.1. The summed E-state index contributed by atoms with van der Waals surface area (Å²) in [5, 5.41) is 0. The highest BCUT2D eigenvalue weighted by Gasteiger charge is 2.30. The number of unbranched alkanes of at least 4 members (excludes halogenated alkanes) is 3. The highest BCUT2D eigenvalue weighted by atomic mass is 35.5. The molecular weight excluding hydrogens is 447 g/mol. The quantitative estimate of drug-likeness (QED) is 0.142. The lowest BCUT2D eigenvalue weighted by Crippen LogP contribution is -2.28. The molecule has 188 valence electrons. The van der Waals surface area contributed by atoms with Gasteiger partial charge in [-0.3, -0.25) is 0 Å². The zero-order valence-corrected chi connectivity index (χ0v) is 23.1. The largest absolute Gasteiger partial charge is 0.490 e. The molecule has 1 saturated carbocycles. The minimum atomic E-state index is -0.357. The second-order valence-corrected chi connectivity index (χ2v) is 14.8. The third kappa shape index (κ3) is 9.55. The summed E-state index contributed by atoms with van der Waals surface area (Å²) in [7, 11) is -0.357. The maximum Gasteiger partial charge on any atom is 0.165 e. The molecule has 1 aliphatic carbocycles. The third-order valence-corrected chi connectivity index (χ3v) is 12.3. The molecule has 0 aromatic heterocycles. The highest BCUT2D eigenvalue weighted by Crippen LogP contribution is 2.42. The van der Waals surface area contributed by atoms with Crippen molar-refractivity contribution in [3.05, 3.63) is 29.6 Å². The van der Waals surface area contributed by atoms with E-state index in [1.54, 1.807) is 43.1 Å². The van der Waals surface area contributed by atoms with Gasteiger partial charge >= 0.3 is 0 Å². The van der Waals surface area contributed by atoms with Crippen LogP contribution < -0.4 is 4.74 Å². The molecule has 1 heterocycles. The summed E-state index contributed by atoms with van der Waals surface area (Å²) < 4.78 is 19.7. The van der Waals surface area contributed by atoms with Crippen molar-refractivity contribution in [1.82, 2.24) is 0 Å². The number of benzene rings is 1. The Morgan fingerprint density at radius 2 is 1.70 bits per heavy atom. The normalized spacial score (nSPS) is 25.8. The smallest absolute Gasteiger partial charge is 0.165 e. The van der Waals surface area contributed by atoms with Crippen molar-refractivity contribution in [3.8, 4) is 5.75 Å². The fourth-order valence-electron chi connectivity index (χ4n) is 6.40. The van der Waals surface area contributed by atoms with Gasteiger partial charge in [0.05, 0.1) is 6.61 Å². The molecule has 1 aromatic rings. The van der Waals surface area contributed by atoms with Gasteiger partial charge in [0.15, 0.2) is 11.6 Å². The second-order valence-electron chi connectivity index (χ2n) is 11.0. The van der Waals surface area contributed by atoms with Crippen molar-refractivity contribution in [2.75, 3.05) is 12.5 Å². The van der Waals surface area contributed by atoms with Crippen LogP contribution in [0.15, 0.2) is 18.2 Å². The third-order valence-electron chi connectivity index (χ3n) is 8.53. The Kier molecular flexibility index (Phi) is 12.7. The highest BCUT2D eigenvalue weighted by molar-refractivity contribution is 6.58. The lowest BCUT2D eigenvalue weighted by molar-refractivity contribution is 0.184. The van der Waals surface area contributed by atoms with Crippen LogP contribution in [0.3, 0.4) is 0 Å². The summed E-state index contributed by atoms with van der Waals surface area (Å²) in [4.78, 5) is 0. The van der Waals surface area contributed by atoms with E-state index in [0.29, 0.717) is 18.2 Å². The van der Waals surface area contributed by atoms with E-state index in [0.717, 1.165) is 36.2 Å². The predicted molar refractivity (Wildman–Crippen MR) is 144 cm³/mol. The predicted octanol–water partition coefficient (Wildman–Crippen LogP) is 9.18. The summed E-state index contributed by atoms with van der Waals surface area (Å²) in [5.74, 6) is 3.71. The monoisotopic (exact) mass is 494 g/mol. The first-order chi connectivity index (χ1) is 16.2. The lowest BCUT2D eigenvalue weighted by atomic mass is 9.73. The summed E-state index contributed by atoms with van der Waals surface area (Å²) >= 11 is 5.65. The molecule has 4 heteroatoms. The van der Waals surface area contributed by atoms with E-state index in [-0.39, 0.29) is 14.6 Å². The molecule has 2 aliphatic rings. The maximum atomic E-state index is 14.2. The maximum absolute atomic E-state index is 14.2. The van der Waals surface area contributed by atoms with E-state index in [4.69, 9.17) is 16.3 Å². The Morgan fingerprint density at radius 1 is 0.939 bits per heavy atom. The van der Waals surface area contributed by atoms with Crippen molar-refractivity contribution >= 4 is 20.4 Å². The van der Waals surface area contributed by atoms with E-state index in [9.17, 15) is 4.39 Å². The molecule has 1 nitrogen and oxygen atoms in total. The van der Waals surface area contributed by atoms with E-state index in [1.165, 1.54) is 64.2 Å². The van der Waals surface area contributed by atoms with Gasteiger partial charge in [-0.05, 0) is 67.6 Å². The van der Waals surface area contributed by atoms with Crippen LogP contribution in [-0.2, 0) is 6.42 Å². The number of rotatable bonds is 14. The van der Waals surface area contributed by atoms with E-state index in [2.05, 4.69) is 6.92 Å². The Bertz CT molecular complexity index is 653. The molecule has 3 rings (SSSR count). The topological polar surface area (TPSA) is 9.23 Å². The summed E-state index contributed by atoms with van der Waals surface area (Å²) in [5.41, 5.74) is 1.09. The standard InChI is InChI=1S/C29H48ClFOSi/c1-2-3-6-20-33-21-16-27(17-22-33)26-13-10-24(11-14-26)8-4-5-9-25-12-15-29(28(31)23-25)32-19-7-18-30/h12,15,23-24,26-27,33H,2-11,13-14,16-22H2,1H3. The van der Waals surface area contributed by atoms with Gasteiger partial charge in [0.25, 0.3) is 0 Å². The van der Waals surface area contributed by atoms with Gasteiger partial charge < -0.3 is 4.74 Å². The van der Waals surface area contributed by atoms with Gasteiger partial charge in [-0.25, -0.2) is 4.39 Å². The van der Waals surface area contributed by atoms with E-state index >= 15 is 0 Å². The van der Waals surface area contributed by atoms with Crippen LogP contribution in [0.25, 0.3) is 0 Å². The molecule has 0 N–H and O–H groups in total. The van der Waals surface area contributed by atoms with E-state index in [1.807, 2.05) is 6.07 Å². The van der Waals surface area contributed by atoms with Gasteiger partial charge in [0.2, 0.25) is 0 Å². The van der Waals surface area contributed by atoms with Crippen LogP contribution >= 0.6 is 11.6 Å². The number of alkyl halides is 1. The Labute approximate surface area is 209 Å². The van der Waals surface area contributed by atoms with Crippen LogP contribution in [-0.4, -0.2) is 21.3 Å². The Morgan fingerprint density at radius 3 is 2.39 bits per heavy atom. The molecule has 0 amide bonds. The van der Waals surface area contributed by atoms with E-state index < -0.39 is 0 Å². The molecule has 0 bridgehead atoms. The van der Waals surface area contributed by atoms with Crippen LogP contribution in [0.2, 0.25) is 18.1 Å². The zero-order valence-electron chi connectivity index (χ0n) is 21.1. The summed E-state index contributed by atoms with van der Waals surface area (Å²) in [6.45, 7) is 2.81. The van der Waals surface area contributed by atoms with Crippen LogP contribution in [0.1, 0.15) is 96.0 Å². The molecule has 0 unspecified atom stereocenters. The first-order valence-electron chi connectivity index (χ1n) is 14.2.